The molecule has 11 heavy (non-hydrogen) atoms. The molecule has 0 spiro atoms. The van der Waals surface area contributed by atoms with E-state index in [4.69, 9.17) is 5.84 Å². The van der Waals surface area contributed by atoms with E-state index in [0.29, 0.717) is 6.04 Å². The van der Waals surface area contributed by atoms with Crippen LogP contribution < -0.4 is 11.3 Å². The van der Waals surface area contributed by atoms with Gasteiger partial charge in [-0.3, -0.25) is 4.99 Å². The van der Waals surface area contributed by atoms with Crippen LogP contribution in [0.5, 0.6) is 0 Å². The molecule has 0 unspecified atom stereocenters. The Kier molecular flexibility index (Phi) is 1.82. The second-order valence-electron chi connectivity index (χ2n) is 3.60. The molecule has 2 saturated carbocycles. The maximum Gasteiger partial charge on any atom is 0.111 e. The van der Waals surface area contributed by atoms with Crippen molar-refractivity contribution in [3.8, 4) is 0 Å². The lowest BCUT2D eigenvalue weighted by Gasteiger charge is -2.02. The van der Waals surface area contributed by atoms with Gasteiger partial charge in [-0.2, -0.15) is 0 Å². The lowest BCUT2D eigenvalue weighted by atomic mass is 10.3. The molecule has 0 radical (unpaired) electrons. The van der Waals surface area contributed by atoms with Crippen molar-refractivity contribution >= 4 is 5.84 Å². The summed E-state index contributed by atoms with van der Waals surface area (Å²) in [6, 6.07) is 0.597. The fraction of sp³-hybridized carbons (Fsp3) is 0.875. The van der Waals surface area contributed by atoms with E-state index in [1.807, 2.05) is 0 Å². The third kappa shape index (κ3) is 2.19. The van der Waals surface area contributed by atoms with Crippen LogP contribution in [0.1, 0.15) is 32.1 Å². The van der Waals surface area contributed by atoms with E-state index in [0.717, 1.165) is 18.2 Å². The Morgan fingerprint density at radius 2 is 2.09 bits per heavy atom. The summed E-state index contributed by atoms with van der Waals surface area (Å²) in [6.45, 7) is 0. The molecule has 2 rings (SSSR count). The topological polar surface area (TPSA) is 50.4 Å². The zero-order chi connectivity index (χ0) is 7.68. The van der Waals surface area contributed by atoms with Crippen molar-refractivity contribution in [1.82, 2.24) is 5.43 Å². The van der Waals surface area contributed by atoms with Gasteiger partial charge in [0.25, 0.3) is 0 Å². The summed E-state index contributed by atoms with van der Waals surface area (Å²) in [4.78, 5) is 4.47. The largest absolute Gasteiger partial charge is 0.312 e. The molecular formula is C8H15N3. The molecular weight excluding hydrogens is 138 g/mol. The number of rotatable bonds is 3. The summed E-state index contributed by atoms with van der Waals surface area (Å²) in [6.07, 6.45) is 6.33. The quantitative estimate of drug-likeness (QED) is 0.273. The van der Waals surface area contributed by atoms with Crippen LogP contribution in [0.25, 0.3) is 0 Å². The summed E-state index contributed by atoms with van der Waals surface area (Å²) in [5.41, 5.74) is 2.69. The molecule has 62 valence electrons. The van der Waals surface area contributed by atoms with E-state index in [2.05, 4.69) is 10.4 Å². The highest BCUT2D eigenvalue weighted by Gasteiger charge is 2.25. The number of amidine groups is 1. The van der Waals surface area contributed by atoms with Crippen LogP contribution in [-0.2, 0) is 0 Å². The van der Waals surface area contributed by atoms with Crippen molar-refractivity contribution < 1.29 is 0 Å². The minimum atomic E-state index is 0.597. The maximum atomic E-state index is 5.34. The Hall–Kier alpha value is -0.570. The number of nitrogens with one attached hydrogen (secondary N) is 1. The molecule has 3 heteroatoms. The third-order valence-electron chi connectivity index (χ3n) is 2.23. The molecule has 2 fully saturated rings. The molecule has 0 aromatic carbocycles. The Balaban J connectivity index is 1.82. The van der Waals surface area contributed by atoms with Gasteiger partial charge in [0.2, 0.25) is 0 Å². The van der Waals surface area contributed by atoms with Gasteiger partial charge in [-0.1, -0.05) is 0 Å². The molecule has 2 aliphatic rings. The third-order valence-corrected chi connectivity index (χ3v) is 2.23. The second kappa shape index (κ2) is 2.81. The first-order chi connectivity index (χ1) is 5.38. The van der Waals surface area contributed by atoms with E-state index < -0.39 is 0 Å². The number of hydrazine groups is 1. The van der Waals surface area contributed by atoms with E-state index >= 15 is 0 Å². The van der Waals surface area contributed by atoms with Gasteiger partial charge in [0.1, 0.15) is 5.84 Å². The van der Waals surface area contributed by atoms with E-state index in [-0.39, 0.29) is 0 Å². The van der Waals surface area contributed by atoms with Gasteiger partial charge in [-0.25, -0.2) is 5.84 Å². The Labute approximate surface area is 67.0 Å². The van der Waals surface area contributed by atoms with Crippen LogP contribution in [0, 0.1) is 5.92 Å². The summed E-state index contributed by atoms with van der Waals surface area (Å²) in [7, 11) is 0. The molecule has 2 aliphatic carbocycles. The van der Waals surface area contributed by atoms with Crippen LogP contribution in [-0.4, -0.2) is 11.9 Å². The normalized spacial score (nSPS) is 25.4. The van der Waals surface area contributed by atoms with Gasteiger partial charge in [-0.05, 0) is 31.6 Å². The first kappa shape index (κ1) is 7.10. The minimum Gasteiger partial charge on any atom is -0.312 e. The highest BCUT2D eigenvalue weighted by molar-refractivity contribution is 5.82. The lowest BCUT2D eigenvalue weighted by molar-refractivity contribution is 0.828. The van der Waals surface area contributed by atoms with Crippen LogP contribution in [0.3, 0.4) is 0 Å². The SMILES string of the molecule is NNC(CC1CC1)=NC1CC1. The Bertz CT molecular complexity index is 168. The summed E-state index contributed by atoms with van der Waals surface area (Å²) in [5.74, 6) is 7.25. The van der Waals surface area contributed by atoms with E-state index in [1.165, 1.54) is 25.7 Å². The average Bonchev–Trinajstić information content (AvgIpc) is 2.78. The fourth-order valence-corrected chi connectivity index (χ4v) is 1.17. The molecule has 0 aromatic heterocycles. The summed E-state index contributed by atoms with van der Waals surface area (Å²) in [5, 5.41) is 0. The lowest BCUT2D eigenvalue weighted by Crippen LogP contribution is -2.31. The van der Waals surface area contributed by atoms with Crippen LogP contribution in [0.2, 0.25) is 0 Å². The van der Waals surface area contributed by atoms with Crippen molar-refractivity contribution in [2.75, 3.05) is 0 Å². The molecule has 3 nitrogen and oxygen atoms in total. The molecule has 0 bridgehead atoms. The zero-order valence-corrected chi connectivity index (χ0v) is 6.71. The molecule has 0 heterocycles. The molecule has 0 aliphatic heterocycles. The van der Waals surface area contributed by atoms with Gasteiger partial charge in [0, 0.05) is 6.42 Å². The molecule has 0 saturated heterocycles. The Morgan fingerprint density at radius 1 is 1.36 bits per heavy atom. The van der Waals surface area contributed by atoms with Crippen LogP contribution in [0.4, 0.5) is 0 Å². The highest BCUT2D eigenvalue weighted by Crippen LogP contribution is 2.33. The molecule has 0 aromatic rings. The van der Waals surface area contributed by atoms with Crippen molar-refractivity contribution in [3.05, 3.63) is 0 Å². The van der Waals surface area contributed by atoms with E-state index in [9.17, 15) is 0 Å². The smallest absolute Gasteiger partial charge is 0.111 e. The van der Waals surface area contributed by atoms with Crippen molar-refractivity contribution in [1.29, 1.82) is 0 Å². The van der Waals surface area contributed by atoms with Crippen LogP contribution >= 0.6 is 0 Å². The summed E-state index contributed by atoms with van der Waals surface area (Å²) >= 11 is 0. The van der Waals surface area contributed by atoms with Gasteiger partial charge < -0.3 is 5.43 Å². The van der Waals surface area contributed by atoms with Gasteiger partial charge in [0.05, 0.1) is 6.04 Å². The molecule has 0 amide bonds. The number of aliphatic imine (C=N–C) groups is 1. The first-order valence-electron chi connectivity index (χ1n) is 4.42. The van der Waals surface area contributed by atoms with Gasteiger partial charge in [-0.15, -0.1) is 0 Å². The number of nitrogens with zero attached hydrogens (tertiary/aromatic N) is 1. The maximum absolute atomic E-state index is 5.34. The van der Waals surface area contributed by atoms with E-state index in [1.54, 1.807) is 0 Å². The number of nitrogens with two attached hydrogens (primary N) is 1. The Morgan fingerprint density at radius 3 is 2.55 bits per heavy atom. The molecule has 3 N–H and O–H groups in total. The van der Waals surface area contributed by atoms with Crippen molar-refractivity contribution in [3.63, 3.8) is 0 Å². The van der Waals surface area contributed by atoms with Crippen molar-refractivity contribution in [2.24, 2.45) is 16.8 Å². The summed E-state index contributed by atoms with van der Waals surface area (Å²) < 4.78 is 0. The van der Waals surface area contributed by atoms with Gasteiger partial charge in [0.15, 0.2) is 0 Å². The zero-order valence-electron chi connectivity index (χ0n) is 6.71. The fourth-order valence-electron chi connectivity index (χ4n) is 1.17. The first-order valence-corrected chi connectivity index (χ1v) is 4.42. The van der Waals surface area contributed by atoms with Crippen LogP contribution in [0.15, 0.2) is 4.99 Å². The van der Waals surface area contributed by atoms with Gasteiger partial charge >= 0.3 is 0 Å². The van der Waals surface area contributed by atoms with Crippen molar-refractivity contribution in [2.45, 2.75) is 38.1 Å². The predicted molar refractivity (Wildman–Crippen MR) is 45.1 cm³/mol. The standard InChI is InChI=1S/C8H15N3/c9-11-8(5-6-1-2-6)10-7-3-4-7/h6-7H,1-5,9H2,(H,10,11). The number of hydrogen-bond donors (Lipinski definition) is 2. The second-order valence-corrected chi connectivity index (χ2v) is 3.60. The predicted octanol–water partition coefficient (Wildman–Crippen LogP) is 0.811. The average molecular weight is 153 g/mol. The number of hydrogen-bond acceptors (Lipinski definition) is 2. The minimum absolute atomic E-state index is 0.597. The monoisotopic (exact) mass is 153 g/mol. The highest BCUT2D eigenvalue weighted by atomic mass is 15.3. The molecule has 0 atom stereocenters.